The molecule has 94 valence electrons. The van der Waals surface area contributed by atoms with E-state index < -0.39 is 0 Å². The lowest BCUT2D eigenvalue weighted by Crippen LogP contribution is -2.03. The molecule has 3 rings (SSSR count). The second-order valence-electron chi connectivity index (χ2n) is 4.66. The number of aromatic nitrogens is 3. The fourth-order valence-electron chi connectivity index (χ4n) is 2.13. The largest absolute Gasteiger partial charge is 0.307 e. The monoisotopic (exact) mass is 265 g/mol. The summed E-state index contributed by atoms with van der Waals surface area (Å²) < 4.78 is 15.9. The van der Waals surface area contributed by atoms with E-state index in [1.165, 1.54) is 6.07 Å². The van der Waals surface area contributed by atoms with E-state index in [1.807, 2.05) is 11.5 Å². The van der Waals surface area contributed by atoms with Crippen molar-refractivity contribution in [1.82, 2.24) is 14.8 Å². The maximum absolute atomic E-state index is 13.9. The molecule has 0 spiro atoms. The molecule has 0 radical (unpaired) electrons. The molecule has 0 saturated heterocycles. The van der Waals surface area contributed by atoms with Crippen molar-refractivity contribution in [2.75, 3.05) is 0 Å². The molecule has 1 fully saturated rings. The zero-order valence-electron chi connectivity index (χ0n) is 10.0. The van der Waals surface area contributed by atoms with Gasteiger partial charge in [0, 0.05) is 6.04 Å². The molecule has 1 aromatic heterocycles. The van der Waals surface area contributed by atoms with Gasteiger partial charge in [-0.15, -0.1) is 21.8 Å². The zero-order valence-corrected chi connectivity index (χ0v) is 10.8. The summed E-state index contributed by atoms with van der Waals surface area (Å²) in [7, 11) is 0. The van der Waals surface area contributed by atoms with E-state index in [9.17, 15) is 4.39 Å². The molecule has 0 atom stereocenters. The Bertz CT molecular complexity index is 590. The fourth-order valence-corrected chi connectivity index (χ4v) is 2.31. The molecule has 1 aliphatic carbocycles. The maximum atomic E-state index is 13.9. The Morgan fingerprint density at radius 3 is 2.83 bits per heavy atom. The first-order valence-electron chi connectivity index (χ1n) is 5.97. The molecule has 0 bridgehead atoms. The van der Waals surface area contributed by atoms with Crippen LogP contribution in [0, 0.1) is 12.7 Å². The van der Waals surface area contributed by atoms with Crippen LogP contribution in [0.25, 0.3) is 11.4 Å². The summed E-state index contributed by atoms with van der Waals surface area (Å²) in [6, 6.07) is 5.40. The van der Waals surface area contributed by atoms with Crippen LogP contribution in [0.1, 0.15) is 30.3 Å². The molecular weight excluding hydrogens is 253 g/mol. The summed E-state index contributed by atoms with van der Waals surface area (Å²) in [4.78, 5) is 0. The van der Waals surface area contributed by atoms with E-state index in [1.54, 1.807) is 12.1 Å². The molecular formula is C13H13ClFN3. The molecule has 2 aromatic rings. The highest BCUT2D eigenvalue weighted by Crippen LogP contribution is 2.39. The first-order valence-corrected chi connectivity index (χ1v) is 6.50. The predicted octanol–water partition coefficient (Wildman–Crippen LogP) is 3.47. The molecule has 0 unspecified atom stereocenters. The van der Waals surface area contributed by atoms with E-state index in [2.05, 4.69) is 10.2 Å². The second kappa shape index (κ2) is 4.35. The van der Waals surface area contributed by atoms with Crippen LogP contribution in [0.2, 0.25) is 0 Å². The van der Waals surface area contributed by atoms with Crippen LogP contribution in [0.3, 0.4) is 0 Å². The van der Waals surface area contributed by atoms with Crippen LogP contribution in [-0.2, 0) is 5.88 Å². The van der Waals surface area contributed by atoms with Crippen LogP contribution in [0.4, 0.5) is 4.39 Å². The Balaban J connectivity index is 2.16. The van der Waals surface area contributed by atoms with Crippen molar-refractivity contribution in [3.05, 3.63) is 35.4 Å². The lowest BCUT2D eigenvalue weighted by molar-refractivity contribution is 0.625. The van der Waals surface area contributed by atoms with Gasteiger partial charge < -0.3 is 4.57 Å². The van der Waals surface area contributed by atoms with Crippen molar-refractivity contribution in [2.45, 2.75) is 31.7 Å². The Kier molecular flexibility index (Phi) is 2.82. The minimum absolute atomic E-state index is 0.268. The number of aryl methyl sites for hydroxylation is 1. The van der Waals surface area contributed by atoms with E-state index in [0.717, 1.165) is 24.2 Å². The third-order valence-electron chi connectivity index (χ3n) is 3.16. The lowest BCUT2D eigenvalue weighted by atomic mass is 10.1. The van der Waals surface area contributed by atoms with Gasteiger partial charge >= 0.3 is 0 Å². The van der Waals surface area contributed by atoms with Crippen molar-refractivity contribution in [1.29, 1.82) is 0 Å². The van der Waals surface area contributed by atoms with Gasteiger partial charge in [0.2, 0.25) is 0 Å². The molecule has 0 amide bonds. The Morgan fingerprint density at radius 1 is 1.39 bits per heavy atom. The van der Waals surface area contributed by atoms with E-state index in [0.29, 0.717) is 23.3 Å². The molecule has 1 aliphatic rings. The highest BCUT2D eigenvalue weighted by Gasteiger charge is 2.30. The molecule has 18 heavy (non-hydrogen) atoms. The highest BCUT2D eigenvalue weighted by atomic mass is 35.5. The number of hydrogen-bond donors (Lipinski definition) is 0. The van der Waals surface area contributed by atoms with Gasteiger partial charge in [-0.1, -0.05) is 11.6 Å². The molecule has 0 N–H and O–H groups in total. The third kappa shape index (κ3) is 1.90. The minimum Gasteiger partial charge on any atom is -0.307 e. The topological polar surface area (TPSA) is 30.7 Å². The first kappa shape index (κ1) is 11.7. The van der Waals surface area contributed by atoms with Crippen LogP contribution >= 0.6 is 11.6 Å². The van der Waals surface area contributed by atoms with Crippen LogP contribution in [-0.4, -0.2) is 14.8 Å². The number of rotatable bonds is 3. The normalized spacial score (nSPS) is 15.1. The molecule has 3 nitrogen and oxygen atoms in total. The van der Waals surface area contributed by atoms with Gasteiger partial charge in [0.1, 0.15) is 11.6 Å². The van der Waals surface area contributed by atoms with Gasteiger partial charge in [-0.3, -0.25) is 0 Å². The van der Waals surface area contributed by atoms with E-state index in [4.69, 9.17) is 11.6 Å². The molecule has 1 heterocycles. The van der Waals surface area contributed by atoms with Gasteiger partial charge in [-0.05, 0) is 31.9 Å². The number of nitrogens with zero attached hydrogens (tertiary/aromatic N) is 3. The van der Waals surface area contributed by atoms with Crippen LogP contribution in [0.5, 0.6) is 0 Å². The number of alkyl halides is 1. The smallest absolute Gasteiger partial charge is 0.167 e. The number of halogens is 2. The van der Waals surface area contributed by atoms with Gasteiger partial charge in [0.25, 0.3) is 0 Å². The van der Waals surface area contributed by atoms with Crippen LogP contribution in [0.15, 0.2) is 18.2 Å². The van der Waals surface area contributed by atoms with Crippen LogP contribution < -0.4 is 0 Å². The van der Waals surface area contributed by atoms with Gasteiger partial charge in [-0.25, -0.2) is 4.39 Å². The lowest BCUT2D eigenvalue weighted by Gasteiger charge is -2.08. The van der Waals surface area contributed by atoms with Crippen molar-refractivity contribution in [3.63, 3.8) is 0 Å². The van der Waals surface area contributed by atoms with Gasteiger partial charge in [0.15, 0.2) is 5.82 Å². The molecule has 1 aromatic carbocycles. The minimum atomic E-state index is -0.268. The highest BCUT2D eigenvalue weighted by molar-refractivity contribution is 6.16. The number of benzene rings is 1. The average molecular weight is 266 g/mol. The molecule has 0 aliphatic heterocycles. The van der Waals surface area contributed by atoms with Crippen molar-refractivity contribution in [2.24, 2.45) is 0 Å². The first-order chi connectivity index (χ1) is 8.70. The maximum Gasteiger partial charge on any atom is 0.167 e. The van der Waals surface area contributed by atoms with E-state index >= 15 is 0 Å². The predicted molar refractivity (Wildman–Crippen MR) is 68.0 cm³/mol. The Labute approximate surface area is 110 Å². The average Bonchev–Trinajstić information content (AvgIpc) is 3.12. The Morgan fingerprint density at radius 2 is 2.17 bits per heavy atom. The summed E-state index contributed by atoms with van der Waals surface area (Å²) >= 11 is 5.86. The summed E-state index contributed by atoms with van der Waals surface area (Å²) in [5.74, 6) is 1.34. The summed E-state index contributed by atoms with van der Waals surface area (Å²) in [5, 5.41) is 8.17. The molecule has 5 heteroatoms. The van der Waals surface area contributed by atoms with Gasteiger partial charge in [0.05, 0.1) is 11.4 Å². The van der Waals surface area contributed by atoms with Crippen molar-refractivity contribution >= 4 is 11.6 Å². The fraction of sp³-hybridized carbons (Fsp3) is 0.385. The Hall–Kier alpha value is -1.42. The van der Waals surface area contributed by atoms with E-state index in [-0.39, 0.29) is 5.82 Å². The zero-order chi connectivity index (χ0) is 12.7. The second-order valence-corrected chi connectivity index (χ2v) is 4.93. The molecule has 1 saturated carbocycles. The third-order valence-corrected chi connectivity index (χ3v) is 3.40. The van der Waals surface area contributed by atoms with Crippen molar-refractivity contribution in [3.8, 4) is 11.4 Å². The SMILES string of the molecule is Cc1ccc(F)c(-c2nnc(CCl)n2C2CC2)c1. The standard InChI is InChI=1S/C13H13ClFN3/c1-8-2-5-11(15)10(6-8)13-17-16-12(7-14)18(13)9-3-4-9/h2,5-6,9H,3-4,7H2,1H3. The van der Waals surface area contributed by atoms with Gasteiger partial charge in [-0.2, -0.15) is 0 Å². The summed E-state index contributed by atoms with van der Waals surface area (Å²) in [6.45, 7) is 1.93. The summed E-state index contributed by atoms with van der Waals surface area (Å²) in [6.07, 6.45) is 2.17. The summed E-state index contributed by atoms with van der Waals surface area (Å²) in [5.41, 5.74) is 1.51. The quantitative estimate of drug-likeness (QED) is 0.796. The van der Waals surface area contributed by atoms with Crippen molar-refractivity contribution < 1.29 is 4.39 Å². The number of hydrogen-bond acceptors (Lipinski definition) is 2.